The molecule has 2 unspecified atom stereocenters. The SMILES string of the molecule is CCN(Cc1cc(F)ccc1Br)C1CCCC1CN. The van der Waals surface area contributed by atoms with E-state index in [0.717, 1.165) is 29.7 Å². The van der Waals surface area contributed by atoms with Gasteiger partial charge in [-0.25, -0.2) is 4.39 Å². The molecular formula is C15H22BrFN2. The molecule has 0 radical (unpaired) electrons. The summed E-state index contributed by atoms with van der Waals surface area (Å²) >= 11 is 3.51. The van der Waals surface area contributed by atoms with Crippen LogP contribution in [-0.2, 0) is 6.54 Å². The summed E-state index contributed by atoms with van der Waals surface area (Å²) in [6.45, 7) is 4.69. The molecule has 2 nitrogen and oxygen atoms in total. The van der Waals surface area contributed by atoms with Crippen molar-refractivity contribution in [2.24, 2.45) is 11.7 Å². The Kier molecular flexibility index (Phi) is 5.37. The van der Waals surface area contributed by atoms with Crippen molar-refractivity contribution in [3.8, 4) is 0 Å². The Morgan fingerprint density at radius 1 is 1.42 bits per heavy atom. The van der Waals surface area contributed by atoms with Crippen molar-refractivity contribution in [2.45, 2.75) is 38.8 Å². The number of benzene rings is 1. The molecule has 106 valence electrons. The minimum Gasteiger partial charge on any atom is -0.330 e. The zero-order valence-electron chi connectivity index (χ0n) is 11.4. The van der Waals surface area contributed by atoms with E-state index in [1.807, 2.05) is 0 Å². The Labute approximate surface area is 123 Å². The van der Waals surface area contributed by atoms with Crippen molar-refractivity contribution in [3.63, 3.8) is 0 Å². The molecule has 2 atom stereocenters. The highest BCUT2D eigenvalue weighted by Gasteiger charge is 2.30. The van der Waals surface area contributed by atoms with E-state index < -0.39 is 0 Å². The standard InChI is InChI=1S/C15H22BrFN2/c1-2-19(15-5-3-4-11(15)9-18)10-12-8-13(17)6-7-14(12)16/h6-8,11,15H,2-5,9-10,18H2,1H3. The average Bonchev–Trinajstić information content (AvgIpc) is 2.88. The molecule has 0 amide bonds. The largest absolute Gasteiger partial charge is 0.330 e. The fraction of sp³-hybridized carbons (Fsp3) is 0.600. The Balaban J connectivity index is 2.12. The lowest BCUT2D eigenvalue weighted by Crippen LogP contribution is -2.39. The second-order valence-electron chi connectivity index (χ2n) is 5.29. The van der Waals surface area contributed by atoms with Crippen LogP contribution in [0.5, 0.6) is 0 Å². The van der Waals surface area contributed by atoms with Gasteiger partial charge in [-0.15, -0.1) is 0 Å². The van der Waals surface area contributed by atoms with E-state index in [4.69, 9.17) is 5.73 Å². The molecule has 4 heteroatoms. The van der Waals surface area contributed by atoms with Crippen LogP contribution in [0.25, 0.3) is 0 Å². The van der Waals surface area contributed by atoms with E-state index >= 15 is 0 Å². The summed E-state index contributed by atoms with van der Waals surface area (Å²) in [4.78, 5) is 2.43. The number of nitrogens with two attached hydrogens (primary N) is 1. The molecule has 2 N–H and O–H groups in total. The number of nitrogens with zero attached hydrogens (tertiary/aromatic N) is 1. The second kappa shape index (κ2) is 6.82. The van der Waals surface area contributed by atoms with Crippen LogP contribution in [0, 0.1) is 11.7 Å². The van der Waals surface area contributed by atoms with Crippen LogP contribution in [0.3, 0.4) is 0 Å². The monoisotopic (exact) mass is 328 g/mol. The number of hydrogen-bond acceptors (Lipinski definition) is 2. The van der Waals surface area contributed by atoms with E-state index in [1.165, 1.54) is 25.3 Å². The molecule has 1 aromatic rings. The van der Waals surface area contributed by atoms with Gasteiger partial charge in [0.05, 0.1) is 0 Å². The van der Waals surface area contributed by atoms with E-state index in [9.17, 15) is 4.39 Å². The summed E-state index contributed by atoms with van der Waals surface area (Å²) in [7, 11) is 0. The Morgan fingerprint density at radius 2 is 2.21 bits per heavy atom. The summed E-state index contributed by atoms with van der Waals surface area (Å²) in [6.07, 6.45) is 3.69. The average molecular weight is 329 g/mol. The zero-order chi connectivity index (χ0) is 13.8. The van der Waals surface area contributed by atoms with Crippen molar-refractivity contribution >= 4 is 15.9 Å². The molecule has 0 aliphatic heterocycles. The third-order valence-corrected chi connectivity index (χ3v) is 4.95. The summed E-state index contributed by atoms with van der Waals surface area (Å²) in [5, 5.41) is 0. The van der Waals surface area contributed by atoms with Crippen molar-refractivity contribution in [2.75, 3.05) is 13.1 Å². The van der Waals surface area contributed by atoms with Gasteiger partial charge in [-0.2, -0.15) is 0 Å². The van der Waals surface area contributed by atoms with Gasteiger partial charge in [0.2, 0.25) is 0 Å². The zero-order valence-corrected chi connectivity index (χ0v) is 13.0. The van der Waals surface area contributed by atoms with Gasteiger partial charge in [-0.3, -0.25) is 4.90 Å². The van der Waals surface area contributed by atoms with E-state index in [2.05, 4.69) is 27.8 Å². The first kappa shape index (κ1) is 14.9. The number of hydrogen-bond donors (Lipinski definition) is 1. The third kappa shape index (κ3) is 3.56. The molecule has 0 bridgehead atoms. The lowest BCUT2D eigenvalue weighted by molar-refractivity contribution is 0.161. The smallest absolute Gasteiger partial charge is 0.123 e. The van der Waals surface area contributed by atoms with Crippen LogP contribution in [0.15, 0.2) is 22.7 Å². The van der Waals surface area contributed by atoms with Gasteiger partial charge in [-0.1, -0.05) is 29.3 Å². The highest BCUT2D eigenvalue weighted by atomic mass is 79.9. The molecule has 1 aromatic carbocycles. The van der Waals surface area contributed by atoms with Gasteiger partial charge in [0.1, 0.15) is 5.82 Å². The molecule has 0 aromatic heterocycles. The summed E-state index contributed by atoms with van der Waals surface area (Å²) in [5.74, 6) is 0.420. The van der Waals surface area contributed by atoms with Crippen LogP contribution in [0.2, 0.25) is 0 Å². The first-order valence-corrected chi connectivity index (χ1v) is 7.83. The van der Waals surface area contributed by atoms with Crippen LogP contribution in [0.1, 0.15) is 31.7 Å². The maximum absolute atomic E-state index is 13.4. The first-order chi connectivity index (χ1) is 9.15. The van der Waals surface area contributed by atoms with Crippen molar-refractivity contribution in [1.29, 1.82) is 0 Å². The molecule has 1 aliphatic rings. The van der Waals surface area contributed by atoms with Crippen molar-refractivity contribution in [1.82, 2.24) is 4.90 Å². The van der Waals surface area contributed by atoms with Gasteiger partial charge >= 0.3 is 0 Å². The maximum atomic E-state index is 13.4. The summed E-state index contributed by atoms with van der Waals surface area (Å²) in [5.41, 5.74) is 6.89. The molecule has 1 fully saturated rings. The molecule has 0 saturated heterocycles. The van der Waals surface area contributed by atoms with E-state index in [1.54, 1.807) is 12.1 Å². The molecule has 19 heavy (non-hydrogen) atoms. The highest BCUT2D eigenvalue weighted by Crippen LogP contribution is 2.31. The lowest BCUT2D eigenvalue weighted by Gasteiger charge is -2.32. The van der Waals surface area contributed by atoms with Crippen molar-refractivity contribution < 1.29 is 4.39 Å². The van der Waals surface area contributed by atoms with Gasteiger partial charge in [0.15, 0.2) is 0 Å². The van der Waals surface area contributed by atoms with E-state index in [0.29, 0.717) is 12.0 Å². The highest BCUT2D eigenvalue weighted by molar-refractivity contribution is 9.10. The topological polar surface area (TPSA) is 29.3 Å². The maximum Gasteiger partial charge on any atom is 0.123 e. The van der Waals surface area contributed by atoms with Crippen molar-refractivity contribution in [3.05, 3.63) is 34.1 Å². The van der Waals surface area contributed by atoms with Crippen LogP contribution < -0.4 is 5.73 Å². The molecular weight excluding hydrogens is 307 g/mol. The first-order valence-electron chi connectivity index (χ1n) is 7.03. The fourth-order valence-corrected chi connectivity index (χ4v) is 3.49. The van der Waals surface area contributed by atoms with Crippen LogP contribution >= 0.6 is 15.9 Å². The predicted octanol–water partition coefficient (Wildman–Crippen LogP) is 3.54. The molecule has 1 saturated carbocycles. The quantitative estimate of drug-likeness (QED) is 0.895. The molecule has 2 rings (SSSR count). The van der Waals surface area contributed by atoms with E-state index in [-0.39, 0.29) is 5.82 Å². The van der Waals surface area contributed by atoms with Gasteiger partial charge in [-0.05, 0) is 55.6 Å². The Morgan fingerprint density at radius 3 is 2.89 bits per heavy atom. The molecule has 0 heterocycles. The minimum atomic E-state index is -0.170. The predicted molar refractivity (Wildman–Crippen MR) is 80.4 cm³/mol. The number of halogens is 2. The van der Waals surface area contributed by atoms with Gasteiger partial charge in [0, 0.05) is 17.1 Å². The fourth-order valence-electron chi connectivity index (χ4n) is 3.12. The molecule has 0 spiro atoms. The normalized spacial score (nSPS) is 23.2. The Hall–Kier alpha value is -0.450. The summed E-state index contributed by atoms with van der Waals surface area (Å²) in [6, 6.07) is 5.44. The van der Waals surface area contributed by atoms with Crippen LogP contribution in [0.4, 0.5) is 4.39 Å². The minimum absolute atomic E-state index is 0.170. The lowest BCUT2D eigenvalue weighted by atomic mass is 10.0. The Bertz CT molecular complexity index is 425. The molecule has 1 aliphatic carbocycles. The van der Waals surface area contributed by atoms with Gasteiger partial charge in [0.25, 0.3) is 0 Å². The van der Waals surface area contributed by atoms with Crippen LogP contribution in [-0.4, -0.2) is 24.0 Å². The third-order valence-electron chi connectivity index (χ3n) is 4.18. The number of rotatable bonds is 5. The van der Waals surface area contributed by atoms with Gasteiger partial charge < -0.3 is 5.73 Å². The summed E-state index contributed by atoms with van der Waals surface area (Å²) < 4.78 is 14.3. The second-order valence-corrected chi connectivity index (χ2v) is 6.15.